The van der Waals surface area contributed by atoms with Crippen molar-refractivity contribution in [2.75, 3.05) is 13.2 Å². The lowest BCUT2D eigenvalue weighted by atomic mass is 9.98. The highest BCUT2D eigenvalue weighted by Gasteiger charge is 2.50. The minimum atomic E-state index is -1.90. The molecule has 1 heterocycles. The molecular weight excluding hydrogens is 829 g/mol. The topological polar surface area (TPSA) is 175 Å². The molecule has 6 unspecified atom stereocenters. The maximum absolute atomic E-state index is 13.0. The van der Waals surface area contributed by atoms with Crippen LogP contribution in [0, 0.1) is 0 Å². The molecule has 12 nitrogen and oxygen atoms in total. The molecule has 3 N–H and O–H groups in total. The molecule has 0 radical (unpaired) electrons. The number of aliphatic hydroxyl groups is 2. The summed E-state index contributed by atoms with van der Waals surface area (Å²) in [5.41, 5.74) is 0. The second-order valence-electron chi connectivity index (χ2n) is 17.4. The van der Waals surface area contributed by atoms with Crippen LogP contribution >= 0.6 is 0 Å². The number of carboxylic acids is 1. The van der Waals surface area contributed by atoms with Crippen LogP contribution in [0.15, 0.2) is 48.6 Å². The van der Waals surface area contributed by atoms with E-state index in [1.807, 2.05) is 12.2 Å². The minimum Gasteiger partial charge on any atom is -0.479 e. The van der Waals surface area contributed by atoms with Gasteiger partial charge in [-0.15, -0.1) is 0 Å². The number of hydrogen-bond donors (Lipinski definition) is 3. The van der Waals surface area contributed by atoms with Crippen LogP contribution in [0.25, 0.3) is 0 Å². The molecule has 374 valence electrons. The van der Waals surface area contributed by atoms with Gasteiger partial charge in [0.2, 0.25) is 0 Å². The number of carbonyl (C=O) groups is 4. The number of ether oxygens (including phenoxy) is 5. The minimum absolute atomic E-state index is 0.0571. The molecule has 1 aliphatic heterocycles. The quantitative estimate of drug-likeness (QED) is 0.0229. The Bertz CT molecular complexity index is 1330. The van der Waals surface area contributed by atoms with Crippen molar-refractivity contribution in [3.8, 4) is 0 Å². The number of unbranched alkanes of at least 4 members (excludes halogenated alkanes) is 20. The number of aliphatic carboxylic acids is 1. The number of carboxylic acid groups (broad SMARTS) is 1. The normalized spacial score (nSPS) is 19.4. The van der Waals surface area contributed by atoms with E-state index in [1.165, 1.54) is 83.5 Å². The van der Waals surface area contributed by atoms with Gasteiger partial charge in [-0.3, -0.25) is 14.4 Å². The Morgan fingerprint density at radius 2 is 0.969 bits per heavy atom. The van der Waals surface area contributed by atoms with Crippen LogP contribution in [-0.2, 0) is 42.9 Å². The summed E-state index contributed by atoms with van der Waals surface area (Å²) in [5.74, 6) is -3.22. The van der Waals surface area contributed by atoms with E-state index in [9.17, 15) is 34.5 Å². The molecule has 0 aromatic rings. The van der Waals surface area contributed by atoms with Crippen LogP contribution in [0.2, 0.25) is 0 Å². The van der Waals surface area contributed by atoms with Crippen molar-refractivity contribution in [3.05, 3.63) is 48.6 Å². The Labute approximate surface area is 393 Å². The molecule has 0 aromatic carbocycles. The molecule has 0 aliphatic carbocycles. The number of aliphatic hydroxyl groups excluding tert-OH is 2. The average Bonchev–Trinajstić information content (AvgIpc) is 3.29. The van der Waals surface area contributed by atoms with Gasteiger partial charge in [0.25, 0.3) is 0 Å². The van der Waals surface area contributed by atoms with Crippen molar-refractivity contribution in [3.63, 3.8) is 0 Å². The molecular formula is C53H90O12. The van der Waals surface area contributed by atoms with Crippen molar-refractivity contribution in [2.45, 2.75) is 250 Å². The van der Waals surface area contributed by atoms with E-state index in [0.717, 1.165) is 70.6 Å². The summed E-state index contributed by atoms with van der Waals surface area (Å²) in [6, 6.07) is 0. The van der Waals surface area contributed by atoms with E-state index in [4.69, 9.17) is 23.7 Å². The Hall–Kier alpha value is -3.32. The Kier molecular flexibility index (Phi) is 38.6. The van der Waals surface area contributed by atoms with E-state index in [1.54, 1.807) is 0 Å². The molecule has 1 saturated heterocycles. The van der Waals surface area contributed by atoms with Crippen LogP contribution in [0.3, 0.4) is 0 Å². The summed E-state index contributed by atoms with van der Waals surface area (Å²) in [6.45, 7) is 5.76. The fraction of sp³-hybridized carbons (Fsp3) is 0.774. The summed E-state index contributed by atoms with van der Waals surface area (Å²) >= 11 is 0. The monoisotopic (exact) mass is 919 g/mol. The average molecular weight is 919 g/mol. The zero-order valence-corrected chi connectivity index (χ0v) is 40.7. The largest absolute Gasteiger partial charge is 0.479 e. The molecule has 0 aromatic heterocycles. The van der Waals surface area contributed by atoms with Crippen LogP contribution in [-0.4, -0.2) is 89.2 Å². The standard InChI is InChI=1S/C53H90O12/c1-4-7-10-13-16-19-22-23-26-27-30-33-36-39-45(54)61-42-44(63-46(55)40-37-34-31-28-24-20-17-14-11-8-5-2)43-62-53-51(49(58)48(57)50(65-53)52(59)60)64-47(56)41-38-35-32-29-25-21-18-15-12-9-6-3/h7,10,16,19,23,26,30,33,44,48-51,53,57-58H,4-6,8-9,11-15,17-18,20-22,24-25,27-29,31-32,34-43H2,1-3H3,(H,59,60)/b10-7-,19-16-,26-23-,33-30-. The van der Waals surface area contributed by atoms with Crippen LogP contribution in [0.1, 0.15) is 213 Å². The Morgan fingerprint density at radius 1 is 0.523 bits per heavy atom. The molecule has 1 rings (SSSR count). The number of allylic oxidation sites excluding steroid dienone is 8. The van der Waals surface area contributed by atoms with Gasteiger partial charge in [-0.1, -0.05) is 198 Å². The molecule has 0 bridgehead atoms. The fourth-order valence-corrected chi connectivity index (χ4v) is 7.50. The highest BCUT2D eigenvalue weighted by molar-refractivity contribution is 5.74. The van der Waals surface area contributed by atoms with Crippen LogP contribution in [0.4, 0.5) is 0 Å². The van der Waals surface area contributed by atoms with Gasteiger partial charge in [0, 0.05) is 19.3 Å². The van der Waals surface area contributed by atoms with Gasteiger partial charge in [-0.2, -0.15) is 0 Å². The van der Waals surface area contributed by atoms with Gasteiger partial charge in [0.15, 0.2) is 24.6 Å². The summed E-state index contributed by atoms with van der Waals surface area (Å²) in [7, 11) is 0. The second kappa shape index (κ2) is 42.1. The summed E-state index contributed by atoms with van der Waals surface area (Å²) in [6.07, 6.45) is 35.5. The zero-order chi connectivity index (χ0) is 47.6. The Balaban J connectivity index is 2.78. The molecule has 0 spiro atoms. The van der Waals surface area contributed by atoms with Crippen molar-refractivity contribution < 1.29 is 58.2 Å². The first-order chi connectivity index (χ1) is 31.6. The van der Waals surface area contributed by atoms with Gasteiger partial charge in [-0.25, -0.2) is 4.79 Å². The van der Waals surface area contributed by atoms with E-state index >= 15 is 0 Å². The lowest BCUT2D eigenvalue weighted by Gasteiger charge is -2.40. The molecule has 0 amide bonds. The van der Waals surface area contributed by atoms with Crippen molar-refractivity contribution in [1.29, 1.82) is 0 Å². The predicted molar refractivity (Wildman–Crippen MR) is 257 cm³/mol. The molecule has 1 aliphatic rings. The van der Waals surface area contributed by atoms with Crippen molar-refractivity contribution >= 4 is 23.9 Å². The highest BCUT2D eigenvalue weighted by atomic mass is 16.7. The van der Waals surface area contributed by atoms with E-state index < -0.39 is 67.3 Å². The van der Waals surface area contributed by atoms with Gasteiger partial charge >= 0.3 is 23.9 Å². The van der Waals surface area contributed by atoms with E-state index in [2.05, 4.69) is 57.2 Å². The lowest BCUT2D eigenvalue weighted by molar-refractivity contribution is -0.301. The maximum Gasteiger partial charge on any atom is 0.335 e. The molecule has 12 heteroatoms. The predicted octanol–water partition coefficient (Wildman–Crippen LogP) is 11.9. The second-order valence-corrected chi connectivity index (χ2v) is 17.4. The zero-order valence-electron chi connectivity index (χ0n) is 40.7. The van der Waals surface area contributed by atoms with E-state index in [-0.39, 0.29) is 25.9 Å². The number of rotatable bonds is 42. The van der Waals surface area contributed by atoms with Crippen molar-refractivity contribution in [2.24, 2.45) is 0 Å². The first kappa shape index (κ1) is 59.7. The van der Waals surface area contributed by atoms with Gasteiger partial charge in [-0.05, 0) is 44.9 Å². The van der Waals surface area contributed by atoms with E-state index in [0.29, 0.717) is 19.3 Å². The third-order valence-corrected chi connectivity index (χ3v) is 11.4. The number of hydrogen-bond acceptors (Lipinski definition) is 11. The van der Waals surface area contributed by atoms with Crippen LogP contribution < -0.4 is 0 Å². The molecule has 1 fully saturated rings. The fourth-order valence-electron chi connectivity index (χ4n) is 7.50. The first-order valence-electron chi connectivity index (χ1n) is 25.6. The number of carbonyl (C=O) groups excluding carboxylic acids is 3. The highest BCUT2D eigenvalue weighted by Crippen LogP contribution is 2.26. The molecule has 65 heavy (non-hydrogen) atoms. The third kappa shape index (κ3) is 32.9. The molecule has 6 atom stereocenters. The maximum atomic E-state index is 13.0. The summed E-state index contributed by atoms with van der Waals surface area (Å²) in [5, 5.41) is 31.3. The number of esters is 3. The smallest absolute Gasteiger partial charge is 0.335 e. The third-order valence-electron chi connectivity index (χ3n) is 11.4. The van der Waals surface area contributed by atoms with Crippen LogP contribution in [0.5, 0.6) is 0 Å². The molecule has 0 saturated carbocycles. The summed E-state index contributed by atoms with van der Waals surface area (Å²) in [4.78, 5) is 50.7. The van der Waals surface area contributed by atoms with Crippen molar-refractivity contribution in [1.82, 2.24) is 0 Å². The summed E-state index contributed by atoms with van der Waals surface area (Å²) < 4.78 is 28.2. The lowest BCUT2D eigenvalue weighted by Crippen LogP contribution is -2.61. The first-order valence-corrected chi connectivity index (χ1v) is 25.6. The van der Waals surface area contributed by atoms with Gasteiger partial charge in [0.1, 0.15) is 18.8 Å². The van der Waals surface area contributed by atoms with Gasteiger partial charge < -0.3 is 39.0 Å². The Morgan fingerprint density at radius 3 is 1.45 bits per heavy atom. The van der Waals surface area contributed by atoms with Gasteiger partial charge in [0.05, 0.1) is 6.61 Å². The SMILES string of the molecule is CC/C=C\C/C=C\C/C=C\C/C=C\CCC(=O)OCC(COC1OC(C(=O)O)C(O)C(O)C1OC(=O)CCCCCCCCCCCCC)OC(=O)CCCCCCCCCCCCC.